The van der Waals surface area contributed by atoms with Crippen LogP contribution in [-0.4, -0.2) is 17.4 Å². The molecular weight excluding hydrogens is 262 g/mol. The maximum atomic E-state index is 12.3. The fourth-order valence-corrected chi connectivity index (χ4v) is 1.89. The van der Waals surface area contributed by atoms with Gasteiger partial charge in [0, 0.05) is 17.3 Å². The van der Waals surface area contributed by atoms with Crippen LogP contribution >= 0.6 is 0 Å². The smallest absolute Gasteiger partial charge is 0.257 e. The quantitative estimate of drug-likeness (QED) is 0.829. The van der Waals surface area contributed by atoms with Crippen molar-refractivity contribution in [2.45, 2.75) is 13.8 Å². The second-order valence-electron chi connectivity index (χ2n) is 4.66. The van der Waals surface area contributed by atoms with Crippen molar-refractivity contribution in [2.24, 2.45) is 5.73 Å². The molecule has 0 radical (unpaired) electrons. The molecule has 0 aliphatic carbocycles. The number of nitrogens with one attached hydrogen (secondary N) is 1. The minimum absolute atomic E-state index is 0.194. The van der Waals surface area contributed by atoms with Crippen molar-refractivity contribution in [1.82, 2.24) is 4.98 Å². The summed E-state index contributed by atoms with van der Waals surface area (Å²) < 4.78 is 0. The number of pyridine rings is 1. The number of nitrogens with zero attached hydrogens (tertiary/aromatic N) is 1. The molecule has 0 saturated carbocycles. The van der Waals surface area contributed by atoms with E-state index in [0.29, 0.717) is 17.9 Å². The molecule has 2 aromatic rings. The van der Waals surface area contributed by atoms with E-state index < -0.39 is 0 Å². The van der Waals surface area contributed by atoms with Gasteiger partial charge in [-0.1, -0.05) is 24.0 Å². The van der Waals surface area contributed by atoms with E-state index in [-0.39, 0.29) is 5.91 Å². The molecule has 1 amide bonds. The topological polar surface area (TPSA) is 68.0 Å². The molecule has 3 N–H and O–H groups in total. The number of aromatic nitrogens is 1. The first-order valence-corrected chi connectivity index (χ1v) is 6.64. The summed E-state index contributed by atoms with van der Waals surface area (Å²) in [5, 5.41) is 2.79. The minimum Gasteiger partial charge on any atom is -0.320 e. The summed E-state index contributed by atoms with van der Waals surface area (Å²) in [6, 6.07) is 9.13. The molecule has 1 heterocycles. The predicted molar refractivity (Wildman–Crippen MR) is 84.0 cm³/mol. The Morgan fingerprint density at radius 2 is 2.10 bits per heavy atom. The van der Waals surface area contributed by atoms with Gasteiger partial charge in [0.15, 0.2) is 0 Å². The van der Waals surface area contributed by atoms with Gasteiger partial charge in [0.25, 0.3) is 5.91 Å². The van der Waals surface area contributed by atoms with Crippen LogP contribution in [0.2, 0.25) is 0 Å². The lowest BCUT2D eigenvalue weighted by atomic mass is 10.0. The number of benzene rings is 1. The Balaban J connectivity index is 2.25. The lowest BCUT2D eigenvalue weighted by Gasteiger charge is -2.08. The van der Waals surface area contributed by atoms with Gasteiger partial charge in [-0.05, 0) is 43.2 Å². The Kier molecular flexibility index (Phi) is 4.70. The van der Waals surface area contributed by atoms with Crippen molar-refractivity contribution in [1.29, 1.82) is 0 Å². The van der Waals surface area contributed by atoms with Gasteiger partial charge in [-0.3, -0.25) is 4.79 Å². The molecular formula is C17H17N3O. The molecule has 4 heteroatoms. The first kappa shape index (κ1) is 14.8. The van der Waals surface area contributed by atoms with Crippen LogP contribution in [0.3, 0.4) is 0 Å². The van der Waals surface area contributed by atoms with E-state index in [2.05, 4.69) is 22.1 Å². The summed E-state index contributed by atoms with van der Waals surface area (Å²) in [6.07, 6.45) is 1.71. The van der Waals surface area contributed by atoms with Crippen LogP contribution in [0.5, 0.6) is 0 Å². The van der Waals surface area contributed by atoms with Gasteiger partial charge >= 0.3 is 0 Å². The number of aryl methyl sites for hydroxylation is 1. The summed E-state index contributed by atoms with van der Waals surface area (Å²) >= 11 is 0. The number of carbonyl (C=O) groups is 1. The number of hydrogen-bond donors (Lipinski definition) is 2. The van der Waals surface area contributed by atoms with Crippen LogP contribution in [0.4, 0.5) is 5.82 Å². The Hall–Kier alpha value is -2.64. The Bertz CT molecular complexity index is 709. The van der Waals surface area contributed by atoms with Crippen LogP contribution in [0, 0.1) is 25.7 Å². The largest absolute Gasteiger partial charge is 0.320 e. The number of anilines is 1. The number of nitrogens with two attached hydrogens (primary N) is 1. The first-order valence-electron chi connectivity index (χ1n) is 6.64. The van der Waals surface area contributed by atoms with Gasteiger partial charge < -0.3 is 11.1 Å². The summed E-state index contributed by atoms with van der Waals surface area (Å²) in [4.78, 5) is 16.5. The first-order chi connectivity index (χ1) is 10.1. The normalized spacial score (nSPS) is 9.67. The lowest BCUT2D eigenvalue weighted by Crippen LogP contribution is -2.14. The van der Waals surface area contributed by atoms with E-state index in [1.807, 2.05) is 32.0 Å². The van der Waals surface area contributed by atoms with Crippen molar-refractivity contribution >= 4 is 11.7 Å². The average molecular weight is 279 g/mol. The number of carbonyl (C=O) groups excluding carboxylic acids is 1. The molecule has 0 atom stereocenters. The van der Waals surface area contributed by atoms with E-state index in [1.54, 1.807) is 18.3 Å². The fraction of sp³-hybridized carbons (Fsp3) is 0.176. The van der Waals surface area contributed by atoms with Crippen molar-refractivity contribution in [3.63, 3.8) is 0 Å². The zero-order valence-electron chi connectivity index (χ0n) is 12.1. The minimum atomic E-state index is -0.194. The third kappa shape index (κ3) is 3.68. The van der Waals surface area contributed by atoms with E-state index in [1.165, 1.54) is 0 Å². The van der Waals surface area contributed by atoms with Crippen molar-refractivity contribution in [3.8, 4) is 11.8 Å². The molecule has 0 fully saturated rings. The third-order valence-electron chi connectivity index (χ3n) is 3.06. The summed E-state index contributed by atoms with van der Waals surface area (Å²) in [6.45, 7) is 4.11. The van der Waals surface area contributed by atoms with Gasteiger partial charge in [-0.15, -0.1) is 0 Å². The third-order valence-corrected chi connectivity index (χ3v) is 3.06. The van der Waals surface area contributed by atoms with Crippen LogP contribution in [0.25, 0.3) is 0 Å². The van der Waals surface area contributed by atoms with Gasteiger partial charge in [-0.25, -0.2) is 4.98 Å². The fourth-order valence-electron chi connectivity index (χ4n) is 1.89. The zero-order chi connectivity index (χ0) is 15.2. The molecule has 0 aliphatic heterocycles. The summed E-state index contributed by atoms with van der Waals surface area (Å²) in [5.74, 6) is 6.11. The number of hydrogen-bond acceptors (Lipinski definition) is 3. The van der Waals surface area contributed by atoms with E-state index >= 15 is 0 Å². The molecule has 0 unspecified atom stereocenters. The van der Waals surface area contributed by atoms with Gasteiger partial charge in [-0.2, -0.15) is 0 Å². The van der Waals surface area contributed by atoms with Crippen LogP contribution < -0.4 is 11.1 Å². The number of amides is 1. The van der Waals surface area contributed by atoms with Crippen molar-refractivity contribution in [2.75, 3.05) is 11.9 Å². The monoisotopic (exact) mass is 279 g/mol. The number of rotatable bonds is 2. The highest BCUT2D eigenvalue weighted by Crippen LogP contribution is 2.15. The van der Waals surface area contributed by atoms with Crippen molar-refractivity contribution < 1.29 is 4.79 Å². The summed E-state index contributed by atoms with van der Waals surface area (Å²) in [5.41, 5.74) is 8.65. The van der Waals surface area contributed by atoms with Crippen molar-refractivity contribution in [3.05, 3.63) is 58.8 Å². The SMILES string of the molecule is Cc1ccc(NC(=O)c2cccc(C#CCN)c2C)nc1. The van der Waals surface area contributed by atoms with Crippen LogP contribution in [0.1, 0.15) is 27.0 Å². The average Bonchev–Trinajstić information content (AvgIpc) is 2.48. The molecule has 1 aromatic heterocycles. The standard InChI is InChI=1S/C17H17N3O/c1-12-8-9-16(19-11-12)20-17(21)15-7-3-5-14(13(15)2)6-4-10-18/h3,5,7-9,11H,10,18H2,1-2H3,(H,19,20,21). The van der Waals surface area contributed by atoms with Gasteiger partial charge in [0.2, 0.25) is 0 Å². The van der Waals surface area contributed by atoms with E-state index in [9.17, 15) is 4.79 Å². The highest BCUT2D eigenvalue weighted by atomic mass is 16.1. The van der Waals surface area contributed by atoms with E-state index in [0.717, 1.165) is 16.7 Å². The Labute approximate surface area is 124 Å². The molecule has 106 valence electrons. The van der Waals surface area contributed by atoms with Gasteiger partial charge in [0.1, 0.15) is 5.82 Å². The molecule has 4 nitrogen and oxygen atoms in total. The highest BCUT2D eigenvalue weighted by molar-refractivity contribution is 6.05. The maximum Gasteiger partial charge on any atom is 0.257 e. The van der Waals surface area contributed by atoms with Crippen LogP contribution in [-0.2, 0) is 0 Å². The predicted octanol–water partition coefficient (Wildman–Crippen LogP) is 2.26. The second-order valence-corrected chi connectivity index (χ2v) is 4.66. The van der Waals surface area contributed by atoms with Gasteiger partial charge in [0.05, 0.1) is 6.54 Å². The molecule has 0 spiro atoms. The van der Waals surface area contributed by atoms with E-state index in [4.69, 9.17) is 5.73 Å². The van der Waals surface area contributed by atoms with Crippen LogP contribution in [0.15, 0.2) is 36.5 Å². The highest BCUT2D eigenvalue weighted by Gasteiger charge is 2.11. The molecule has 1 aromatic carbocycles. The zero-order valence-corrected chi connectivity index (χ0v) is 12.1. The molecule has 0 saturated heterocycles. The Morgan fingerprint density at radius 1 is 1.29 bits per heavy atom. The molecule has 21 heavy (non-hydrogen) atoms. The second kappa shape index (κ2) is 6.69. The molecule has 0 bridgehead atoms. The molecule has 0 aliphatic rings. The Morgan fingerprint density at radius 3 is 2.76 bits per heavy atom. The lowest BCUT2D eigenvalue weighted by molar-refractivity contribution is 0.102. The maximum absolute atomic E-state index is 12.3. The summed E-state index contributed by atoms with van der Waals surface area (Å²) in [7, 11) is 0. The molecule has 2 rings (SSSR count).